The fourth-order valence-corrected chi connectivity index (χ4v) is 3.92. The molecule has 2 aromatic carbocycles. The molecule has 2 saturated heterocycles. The fourth-order valence-electron chi connectivity index (χ4n) is 3.92. The third-order valence-electron chi connectivity index (χ3n) is 5.40. The monoisotopic (exact) mass is 377 g/mol. The Hall–Kier alpha value is -2.92. The van der Waals surface area contributed by atoms with Gasteiger partial charge in [0, 0.05) is 18.7 Å². The molecular weight excluding hydrogens is 354 g/mol. The molecule has 28 heavy (non-hydrogen) atoms. The van der Waals surface area contributed by atoms with Crippen molar-refractivity contribution in [1.29, 1.82) is 0 Å². The van der Waals surface area contributed by atoms with Crippen LogP contribution in [0.5, 0.6) is 0 Å². The lowest BCUT2D eigenvalue weighted by molar-refractivity contribution is -0.140. The van der Waals surface area contributed by atoms with E-state index in [0.717, 1.165) is 24.0 Å². The Bertz CT molecular complexity index is 911. The maximum atomic E-state index is 12.9. The van der Waals surface area contributed by atoms with Crippen LogP contribution in [0.25, 0.3) is 5.76 Å². The molecule has 2 aromatic rings. The van der Waals surface area contributed by atoms with E-state index in [-0.39, 0.29) is 17.4 Å². The van der Waals surface area contributed by atoms with Gasteiger partial charge in [-0.25, -0.2) is 0 Å². The number of hydrogen-bond acceptors (Lipinski definition) is 4. The SMILES string of the molecule is Cc1ccc(C(O)=C2C(=O)C(=O)N(CC3CCCO3)C2c2ccccc2)cc1. The molecule has 2 aliphatic heterocycles. The maximum absolute atomic E-state index is 12.9. The molecule has 0 saturated carbocycles. The largest absolute Gasteiger partial charge is 0.507 e. The van der Waals surface area contributed by atoms with Gasteiger partial charge in [0.15, 0.2) is 0 Å². The number of Topliss-reactive ketones (excluding diaryl/α,β-unsaturated/α-hetero) is 1. The van der Waals surface area contributed by atoms with Crippen molar-refractivity contribution < 1.29 is 19.4 Å². The topological polar surface area (TPSA) is 66.8 Å². The minimum atomic E-state index is -0.648. The number of amides is 1. The second-order valence-corrected chi connectivity index (χ2v) is 7.36. The summed E-state index contributed by atoms with van der Waals surface area (Å²) in [5.74, 6) is -1.37. The van der Waals surface area contributed by atoms with Crippen LogP contribution < -0.4 is 0 Å². The highest BCUT2D eigenvalue weighted by Gasteiger charge is 2.46. The van der Waals surface area contributed by atoms with Crippen molar-refractivity contribution in [2.24, 2.45) is 0 Å². The molecule has 2 unspecified atom stereocenters. The number of ether oxygens (including phenoxy) is 1. The van der Waals surface area contributed by atoms with Crippen LogP contribution in [-0.4, -0.2) is 41.0 Å². The molecule has 2 aliphatic rings. The zero-order valence-electron chi connectivity index (χ0n) is 15.8. The van der Waals surface area contributed by atoms with Crippen LogP contribution in [-0.2, 0) is 14.3 Å². The molecule has 1 amide bonds. The predicted octanol–water partition coefficient (Wildman–Crippen LogP) is 3.60. The Morgan fingerprint density at radius 1 is 1.11 bits per heavy atom. The lowest BCUT2D eigenvalue weighted by Crippen LogP contribution is -2.36. The highest BCUT2D eigenvalue weighted by molar-refractivity contribution is 6.46. The van der Waals surface area contributed by atoms with Gasteiger partial charge < -0.3 is 14.7 Å². The van der Waals surface area contributed by atoms with Crippen molar-refractivity contribution in [1.82, 2.24) is 4.90 Å². The summed E-state index contributed by atoms with van der Waals surface area (Å²) in [6.45, 7) is 2.97. The van der Waals surface area contributed by atoms with Gasteiger partial charge in [-0.05, 0) is 25.3 Å². The molecule has 2 fully saturated rings. The first-order valence-corrected chi connectivity index (χ1v) is 9.58. The molecule has 0 aliphatic carbocycles. The number of aliphatic hydroxyl groups is 1. The van der Waals surface area contributed by atoms with Crippen LogP contribution in [0, 0.1) is 6.92 Å². The zero-order valence-corrected chi connectivity index (χ0v) is 15.8. The molecule has 5 nitrogen and oxygen atoms in total. The quantitative estimate of drug-likeness (QED) is 0.502. The van der Waals surface area contributed by atoms with Crippen molar-refractivity contribution >= 4 is 17.4 Å². The van der Waals surface area contributed by atoms with Crippen LogP contribution in [0.1, 0.15) is 35.6 Å². The van der Waals surface area contributed by atoms with Crippen LogP contribution in [0.2, 0.25) is 0 Å². The standard InChI is InChI=1S/C23H23NO4/c1-15-9-11-17(12-10-15)21(25)19-20(16-6-3-2-4-7-16)24(23(27)22(19)26)14-18-8-5-13-28-18/h2-4,6-7,9-12,18,20,25H,5,8,13-14H2,1H3. The molecule has 144 valence electrons. The van der Waals surface area contributed by atoms with Crippen molar-refractivity contribution in [2.45, 2.75) is 31.9 Å². The van der Waals surface area contributed by atoms with Crippen LogP contribution in [0.15, 0.2) is 60.2 Å². The Morgan fingerprint density at radius 3 is 2.46 bits per heavy atom. The van der Waals surface area contributed by atoms with Gasteiger partial charge in [0.2, 0.25) is 0 Å². The first-order valence-electron chi connectivity index (χ1n) is 9.58. The number of aryl methyl sites for hydroxylation is 1. The van der Waals surface area contributed by atoms with Crippen molar-refractivity contribution in [2.75, 3.05) is 13.2 Å². The summed E-state index contributed by atoms with van der Waals surface area (Å²) in [6, 6.07) is 16.0. The summed E-state index contributed by atoms with van der Waals surface area (Å²) >= 11 is 0. The van der Waals surface area contributed by atoms with Crippen LogP contribution in [0.4, 0.5) is 0 Å². The van der Waals surface area contributed by atoms with E-state index < -0.39 is 17.7 Å². The first-order chi connectivity index (χ1) is 13.6. The van der Waals surface area contributed by atoms with Gasteiger partial charge in [0.25, 0.3) is 11.7 Å². The number of carbonyl (C=O) groups is 2. The van der Waals surface area contributed by atoms with Gasteiger partial charge in [-0.15, -0.1) is 0 Å². The molecule has 4 rings (SSSR count). The molecule has 2 atom stereocenters. The van der Waals surface area contributed by atoms with Crippen LogP contribution in [0.3, 0.4) is 0 Å². The third kappa shape index (κ3) is 3.34. The first kappa shape index (κ1) is 18.4. The number of likely N-dealkylation sites (tertiary alicyclic amines) is 1. The lowest BCUT2D eigenvalue weighted by Gasteiger charge is -2.27. The highest BCUT2D eigenvalue weighted by atomic mass is 16.5. The molecule has 0 spiro atoms. The average Bonchev–Trinajstić information content (AvgIpc) is 3.31. The number of aliphatic hydroxyl groups excluding tert-OH is 1. The second-order valence-electron chi connectivity index (χ2n) is 7.36. The Labute approximate surface area is 164 Å². The van der Waals surface area contributed by atoms with E-state index in [2.05, 4.69) is 0 Å². The summed E-state index contributed by atoms with van der Waals surface area (Å²) in [6.07, 6.45) is 1.74. The van der Waals surface area contributed by atoms with Gasteiger partial charge >= 0.3 is 0 Å². The molecule has 5 heteroatoms. The number of carbonyl (C=O) groups excluding carboxylic acids is 2. The minimum Gasteiger partial charge on any atom is -0.507 e. The fraction of sp³-hybridized carbons (Fsp3) is 0.304. The van der Waals surface area contributed by atoms with E-state index in [1.165, 1.54) is 0 Å². The van der Waals surface area contributed by atoms with Gasteiger partial charge in [-0.3, -0.25) is 9.59 Å². The maximum Gasteiger partial charge on any atom is 0.295 e. The summed E-state index contributed by atoms with van der Waals surface area (Å²) < 4.78 is 5.69. The molecule has 2 heterocycles. The number of nitrogens with zero attached hydrogens (tertiary/aromatic N) is 1. The van der Waals surface area contributed by atoms with E-state index >= 15 is 0 Å². The van der Waals surface area contributed by atoms with Gasteiger partial charge in [0.05, 0.1) is 17.7 Å². The normalized spacial score (nSPS) is 24.1. The third-order valence-corrected chi connectivity index (χ3v) is 5.40. The van der Waals surface area contributed by atoms with Crippen LogP contribution >= 0.6 is 0 Å². The number of benzene rings is 2. The van der Waals surface area contributed by atoms with Crippen molar-refractivity contribution in [3.8, 4) is 0 Å². The number of ketones is 1. The van der Waals surface area contributed by atoms with Crippen molar-refractivity contribution in [3.63, 3.8) is 0 Å². The molecular formula is C23H23NO4. The lowest BCUT2D eigenvalue weighted by atomic mass is 9.95. The molecule has 1 N–H and O–H groups in total. The number of hydrogen-bond donors (Lipinski definition) is 1. The molecule has 0 aromatic heterocycles. The van der Waals surface area contributed by atoms with E-state index in [1.807, 2.05) is 49.4 Å². The van der Waals surface area contributed by atoms with E-state index in [9.17, 15) is 14.7 Å². The predicted molar refractivity (Wildman–Crippen MR) is 106 cm³/mol. The van der Waals surface area contributed by atoms with Gasteiger partial charge in [-0.2, -0.15) is 0 Å². The van der Waals surface area contributed by atoms with Gasteiger partial charge in [0.1, 0.15) is 5.76 Å². The Kier molecular flexibility index (Phi) is 5.01. The van der Waals surface area contributed by atoms with E-state index in [0.29, 0.717) is 18.7 Å². The summed E-state index contributed by atoms with van der Waals surface area (Å²) in [5, 5.41) is 11.0. The smallest absolute Gasteiger partial charge is 0.295 e. The van der Waals surface area contributed by atoms with Crippen molar-refractivity contribution in [3.05, 3.63) is 76.9 Å². The second kappa shape index (κ2) is 7.60. The number of rotatable bonds is 4. The van der Waals surface area contributed by atoms with Gasteiger partial charge in [-0.1, -0.05) is 60.2 Å². The zero-order chi connectivity index (χ0) is 19.7. The van der Waals surface area contributed by atoms with E-state index in [4.69, 9.17) is 4.74 Å². The molecule has 0 bridgehead atoms. The Morgan fingerprint density at radius 2 is 1.82 bits per heavy atom. The minimum absolute atomic E-state index is 0.0798. The highest BCUT2D eigenvalue weighted by Crippen LogP contribution is 2.39. The van der Waals surface area contributed by atoms with E-state index in [1.54, 1.807) is 17.0 Å². The average molecular weight is 377 g/mol. The summed E-state index contributed by atoms with van der Waals surface area (Å²) in [7, 11) is 0. The molecule has 0 radical (unpaired) electrons. The summed E-state index contributed by atoms with van der Waals surface area (Å²) in [5.41, 5.74) is 2.52. The Balaban J connectivity index is 1.80. The summed E-state index contributed by atoms with van der Waals surface area (Å²) in [4.78, 5) is 27.3.